The van der Waals surface area contributed by atoms with E-state index in [4.69, 9.17) is 5.11 Å². The lowest BCUT2D eigenvalue weighted by atomic mass is 10.1. The topological polar surface area (TPSA) is 67.2 Å². The molecule has 1 aromatic carbocycles. The lowest BCUT2D eigenvalue weighted by Gasteiger charge is -2.12. The smallest absolute Gasteiger partial charge is 0.335 e. The van der Waals surface area contributed by atoms with E-state index < -0.39 is 5.97 Å². The molecule has 2 N–H and O–H groups in total. The standard InChI is InChI=1S/C18H23N3O2/c1-12(2)11-21-17(14-7-8-14)16(10-20-21)19-9-13-3-5-15(6-4-13)18(22)23/h3-6,10,12,14,19H,7-9,11H2,1-2H3,(H,22,23). The third-order valence-corrected chi connectivity index (χ3v) is 4.07. The molecular weight excluding hydrogens is 290 g/mol. The Morgan fingerprint density at radius 1 is 1.35 bits per heavy atom. The van der Waals surface area contributed by atoms with Gasteiger partial charge in [-0.25, -0.2) is 4.79 Å². The number of nitrogens with zero attached hydrogens (tertiary/aromatic N) is 2. The van der Waals surface area contributed by atoms with Crippen molar-refractivity contribution in [3.63, 3.8) is 0 Å². The predicted octanol–water partition coefficient (Wildman–Crippen LogP) is 3.73. The monoisotopic (exact) mass is 313 g/mol. The summed E-state index contributed by atoms with van der Waals surface area (Å²) in [5.41, 5.74) is 3.81. The Kier molecular flexibility index (Phi) is 4.37. The number of nitrogens with one attached hydrogen (secondary N) is 1. The molecule has 1 saturated carbocycles. The van der Waals surface area contributed by atoms with E-state index in [-0.39, 0.29) is 0 Å². The first kappa shape index (κ1) is 15.6. The van der Waals surface area contributed by atoms with Crippen LogP contribution in [0.4, 0.5) is 5.69 Å². The molecule has 1 fully saturated rings. The third kappa shape index (κ3) is 3.73. The van der Waals surface area contributed by atoms with Crippen molar-refractivity contribution in [2.45, 2.75) is 45.7 Å². The summed E-state index contributed by atoms with van der Waals surface area (Å²) in [7, 11) is 0. The molecule has 1 aromatic heterocycles. The Hall–Kier alpha value is -2.30. The highest BCUT2D eigenvalue weighted by Gasteiger charge is 2.30. The fourth-order valence-electron chi connectivity index (χ4n) is 2.77. The molecule has 0 radical (unpaired) electrons. The van der Waals surface area contributed by atoms with E-state index in [2.05, 4.69) is 28.9 Å². The van der Waals surface area contributed by atoms with Crippen LogP contribution in [0.1, 0.15) is 54.2 Å². The molecule has 0 bridgehead atoms. The van der Waals surface area contributed by atoms with Gasteiger partial charge in [-0.15, -0.1) is 0 Å². The minimum atomic E-state index is -0.893. The van der Waals surface area contributed by atoms with E-state index in [1.54, 1.807) is 12.1 Å². The van der Waals surface area contributed by atoms with Crippen LogP contribution in [0, 0.1) is 5.92 Å². The molecule has 0 saturated heterocycles. The lowest BCUT2D eigenvalue weighted by molar-refractivity contribution is 0.0697. The van der Waals surface area contributed by atoms with Crippen LogP contribution in [-0.4, -0.2) is 20.9 Å². The normalized spacial score (nSPS) is 14.2. The minimum Gasteiger partial charge on any atom is -0.478 e. The molecule has 0 unspecified atom stereocenters. The van der Waals surface area contributed by atoms with Gasteiger partial charge in [0.05, 0.1) is 23.1 Å². The second kappa shape index (κ2) is 6.44. The molecule has 5 nitrogen and oxygen atoms in total. The van der Waals surface area contributed by atoms with Crippen LogP contribution in [0.5, 0.6) is 0 Å². The number of benzene rings is 1. The van der Waals surface area contributed by atoms with Gasteiger partial charge >= 0.3 is 5.97 Å². The number of hydrogen-bond acceptors (Lipinski definition) is 3. The first-order valence-electron chi connectivity index (χ1n) is 8.16. The molecule has 0 spiro atoms. The molecule has 0 amide bonds. The zero-order chi connectivity index (χ0) is 16.4. The molecule has 1 aliphatic carbocycles. The summed E-state index contributed by atoms with van der Waals surface area (Å²) in [4.78, 5) is 10.9. The van der Waals surface area contributed by atoms with E-state index in [1.165, 1.54) is 18.5 Å². The number of carbonyl (C=O) groups is 1. The Bertz CT molecular complexity index is 685. The first-order valence-corrected chi connectivity index (χ1v) is 8.16. The van der Waals surface area contributed by atoms with Gasteiger partial charge in [0.15, 0.2) is 0 Å². The average molecular weight is 313 g/mol. The summed E-state index contributed by atoms with van der Waals surface area (Å²) in [6, 6.07) is 6.99. The zero-order valence-electron chi connectivity index (χ0n) is 13.6. The summed E-state index contributed by atoms with van der Waals surface area (Å²) in [6.07, 6.45) is 4.40. The third-order valence-electron chi connectivity index (χ3n) is 4.07. The summed E-state index contributed by atoms with van der Waals surface area (Å²) in [5.74, 6) is 0.312. The fourth-order valence-corrected chi connectivity index (χ4v) is 2.77. The van der Waals surface area contributed by atoms with Crippen molar-refractivity contribution in [2.24, 2.45) is 5.92 Å². The highest BCUT2D eigenvalue weighted by atomic mass is 16.4. The number of carboxylic acids is 1. The molecular formula is C18H23N3O2. The van der Waals surface area contributed by atoms with Crippen molar-refractivity contribution in [3.05, 3.63) is 47.3 Å². The Balaban J connectivity index is 1.70. The Morgan fingerprint density at radius 3 is 2.61 bits per heavy atom. The maximum Gasteiger partial charge on any atom is 0.335 e. The number of anilines is 1. The van der Waals surface area contributed by atoms with E-state index in [1.807, 2.05) is 18.3 Å². The summed E-state index contributed by atoms with van der Waals surface area (Å²) in [5, 5.41) is 16.9. The van der Waals surface area contributed by atoms with E-state index >= 15 is 0 Å². The van der Waals surface area contributed by atoms with Crippen LogP contribution in [0.15, 0.2) is 30.5 Å². The van der Waals surface area contributed by atoms with Gasteiger partial charge in [-0.1, -0.05) is 26.0 Å². The largest absolute Gasteiger partial charge is 0.478 e. The summed E-state index contributed by atoms with van der Waals surface area (Å²) in [6.45, 7) is 6.03. The quantitative estimate of drug-likeness (QED) is 0.817. The van der Waals surface area contributed by atoms with Crippen LogP contribution in [-0.2, 0) is 13.1 Å². The SMILES string of the molecule is CC(C)Cn1ncc(NCc2ccc(C(=O)O)cc2)c1C1CC1. The van der Waals surface area contributed by atoms with E-state index in [9.17, 15) is 4.79 Å². The number of aromatic carboxylic acids is 1. The van der Waals surface area contributed by atoms with Gasteiger partial charge in [0.25, 0.3) is 0 Å². The van der Waals surface area contributed by atoms with E-state index in [0.717, 1.165) is 17.8 Å². The van der Waals surface area contributed by atoms with Crippen LogP contribution in [0.3, 0.4) is 0 Å². The van der Waals surface area contributed by atoms with Gasteiger partial charge in [0, 0.05) is 19.0 Å². The second-order valence-corrected chi connectivity index (χ2v) is 6.65. The van der Waals surface area contributed by atoms with Crippen LogP contribution < -0.4 is 5.32 Å². The predicted molar refractivity (Wildman–Crippen MR) is 89.8 cm³/mol. The second-order valence-electron chi connectivity index (χ2n) is 6.65. The first-order chi connectivity index (χ1) is 11.0. The van der Waals surface area contributed by atoms with Gasteiger partial charge in [-0.2, -0.15) is 5.10 Å². The van der Waals surface area contributed by atoms with Gasteiger partial charge in [-0.3, -0.25) is 4.68 Å². The highest BCUT2D eigenvalue weighted by Crippen LogP contribution is 2.43. The van der Waals surface area contributed by atoms with E-state index in [0.29, 0.717) is 23.9 Å². The molecule has 0 aliphatic heterocycles. The summed E-state index contributed by atoms with van der Waals surface area (Å²) >= 11 is 0. The molecule has 5 heteroatoms. The molecule has 1 aliphatic rings. The van der Waals surface area contributed by atoms with Crippen molar-refractivity contribution in [3.8, 4) is 0 Å². The van der Waals surface area contributed by atoms with Gasteiger partial charge in [-0.05, 0) is 36.5 Å². The van der Waals surface area contributed by atoms with Gasteiger partial charge < -0.3 is 10.4 Å². The van der Waals surface area contributed by atoms with Crippen molar-refractivity contribution in [2.75, 3.05) is 5.32 Å². The summed E-state index contributed by atoms with van der Waals surface area (Å²) < 4.78 is 2.14. The van der Waals surface area contributed by atoms with Crippen LogP contribution in [0.2, 0.25) is 0 Å². The maximum atomic E-state index is 10.9. The maximum absolute atomic E-state index is 10.9. The van der Waals surface area contributed by atoms with Crippen LogP contribution >= 0.6 is 0 Å². The van der Waals surface area contributed by atoms with Crippen molar-refractivity contribution < 1.29 is 9.90 Å². The molecule has 3 rings (SSSR count). The number of carboxylic acid groups (broad SMARTS) is 1. The molecule has 23 heavy (non-hydrogen) atoms. The lowest BCUT2D eigenvalue weighted by Crippen LogP contribution is -2.10. The van der Waals surface area contributed by atoms with Gasteiger partial charge in [0.1, 0.15) is 0 Å². The zero-order valence-corrected chi connectivity index (χ0v) is 13.6. The van der Waals surface area contributed by atoms with Crippen LogP contribution in [0.25, 0.3) is 0 Å². The Labute approximate surface area is 136 Å². The number of aromatic nitrogens is 2. The fraction of sp³-hybridized carbons (Fsp3) is 0.444. The minimum absolute atomic E-state index is 0.317. The molecule has 2 aromatic rings. The molecule has 1 heterocycles. The molecule has 0 atom stereocenters. The van der Waals surface area contributed by atoms with Crippen molar-refractivity contribution in [1.29, 1.82) is 0 Å². The van der Waals surface area contributed by atoms with Gasteiger partial charge in [0.2, 0.25) is 0 Å². The van der Waals surface area contributed by atoms with Crippen molar-refractivity contribution >= 4 is 11.7 Å². The van der Waals surface area contributed by atoms with Crippen molar-refractivity contribution in [1.82, 2.24) is 9.78 Å². The highest BCUT2D eigenvalue weighted by molar-refractivity contribution is 5.87. The molecule has 122 valence electrons. The Morgan fingerprint density at radius 2 is 2.04 bits per heavy atom. The number of rotatable bonds is 7. The average Bonchev–Trinajstić information content (AvgIpc) is 3.27. The number of hydrogen-bond donors (Lipinski definition) is 2.